The van der Waals surface area contributed by atoms with Gasteiger partial charge in [-0.1, -0.05) is 18.2 Å². The van der Waals surface area contributed by atoms with Gasteiger partial charge in [-0.05, 0) is 30.7 Å². The second kappa shape index (κ2) is 6.49. The third kappa shape index (κ3) is 3.66. The van der Waals surface area contributed by atoms with Crippen LogP contribution in [0.5, 0.6) is 0 Å². The van der Waals surface area contributed by atoms with Crippen LogP contribution in [-0.2, 0) is 0 Å². The molecule has 2 aromatic rings. The molecule has 3 N–H and O–H groups in total. The van der Waals surface area contributed by atoms with Crippen LogP contribution in [0.3, 0.4) is 0 Å². The summed E-state index contributed by atoms with van der Waals surface area (Å²) in [5.41, 5.74) is 10.0. The third-order valence-corrected chi connectivity index (χ3v) is 2.95. The molecule has 0 heterocycles. The van der Waals surface area contributed by atoms with E-state index in [1.165, 1.54) is 24.3 Å². The van der Waals surface area contributed by atoms with E-state index in [4.69, 9.17) is 5.73 Å². The molecule has 2 aromatic carbocycles. The summed E-state index contributed by atoms with van der Waals surface area (Å²) in [5.74, 6) is -0.521. The first-order valence-corrected chi connectivity index (χ1v) is 6.42. The van der Waals surface area contributed by atoms with Crippen molar-refractivity contribution in [2.75, 3.05) is 5.73 Å². The van der Waals surface area contributed by atoms with E-state index in [1.807, 2.05) is 6.07 Å². The van der Waals surface area contributed by atoms with Gasteiger partial charge in [-0.15, -0.1) is 0 Å². The van der Waals surface area contributed by atoms with Crippen molar-refractivity contribution in [2.45, 2.75) is 6.92 Å². The van der Waals surface area contributed by atoms with Crippen LogP contribution < -0.4 is 11.2 Å². The summed E-state index contributed by atoms with van der Waals surface area (Å²) in [6.07, 6.45) is 0. The number of nitro groups is 1. The highest BCUT2D eigenvalue weighted by atomic mass is 16.6. The monoisotopic (exact) mass is 298 g/mol. The summed E-state index contributed by atoms with van der Waals surface area (Å²) in [4.78, 5) is 22.1. The number of hydrogen-bond acceptors (Lipinski definition) is 5. The summed E-state index contributed by atoms with van der Waals surface area (Å²) in [7, 11) is 0. The molecule has 2 rings (SSSR count). The van der Waals surface area contributed by atoms with Gasteiger partial charge in [0.05, 0.1) is 10.6 Å². The van der Waals surface area contributed by atoms with Gasteiger partial charge in [0.15, 0.2) is 0 Å². The Morgan fingerprint density at radius 2 is 1.86 bits per heavy atom. The number of nitrogen functional groups attached to an aromatic ring is 1. The van der Waals surface area contributed by atoms with Gasteiger partial charge in [-0.3, -0.25) is 14.9 Å². The zero-order valence-electron chi connectivity index (χ0n) is 11.8. The number of nitrogens with two attached hydrogens (primary N) is 1. The maximum atomic E-state index is 12.0. The first-order valence-electron chi connectivity index (χ1n) is 6.42. The summed E-state index contributed by atoms with van der Waals surface area (Å²) in [6.45, 7) is 1.72. The van der Waals surface area contributed by atoms with Crippen LogP contribution in [0.2, 0.25) is 0 Å². The summed E-state index contributed by atoms with van der Waals surface area (Å²) in [5, 5.41) is 14.7. The minimum Gasteiger partial charge on any atom is -0.399 e. The largest absolute Gasteiger partial charge is 0.399 e. The summed E-state index contributed by atoms with van der Waals surface area (Å²) >= 11 is 0. The number of benzene rings is 2. The van der Waals surface area contributed by atoms with Crippen molar-refractivity contribution in [2.24, 2.45) is 5.10 Å². The van der Waals surface area contributed by atoms with Crippen LogP contribution in [-0.4, -0.2) is 16.5 Å². The SMILES string of the molecule is CC(=NNC(=O)c1cccc([N+](=O)[O-])c1)c1cccc(N)c1. The molecular weight excluding hydrogens is 284 g/mol. The molecule has 0 aliphatic carbocycles. The Kier molecular flexibility index (Phi) is 4.47. The van der Waals surface area contributed by atoms with Crippen molar-refractivity contribution in [3.8, 4) is 0 Å². The van der Waals surface area contributed by atoms with Crippen LogP contribution in [0.25, 0.3) is 0 Å². The standard InChI is InChI=1S/C15H14N4O3/c1-10(11-4-2-6-13(16)8-11)17-18-15(20)12-5-3-7-14(9-12)19(21)22/h2-9H,16H2,1H3,(H,18,20). The minimum absolute atomic E-state index is 0.149. The number of non-ortho nitro benzene ring substituents is 1. The van der Waals surface area contributed by atoms with Crippen molar-refractivity contribution in [1.82, 2.24) is 5.43 Å². The number of nitrogens with zero attached hydrogens (tertiary/aromatic N) is 2. The normalized spacial score (nSPS) is 11.0. The number of hydrogen-bond donors (Lipinski definition) is 2. The predicted octanol–water partition coefficient (Wildman–Crippen LogP) is 2.33. The van der Waals surface area contributed by atoms with Crippen LogP contribution in [0, 0.1) is 10.1 Å². The van der Waals surface area contributed by atoms with E-state index < -0.39 is 10.8 Å². The molecule has 1 amide bonds. The molecule has 0 atom stereocenters. The lowest BCUT2D eigenvalue weighted by Gasteiger charge is -2.04. The number of hydrazone groups is 1. The maximum absolute atomic E-state index is 12.0. The van der Waals surface area contributed by atoms with Crippen molar-refractivity contribution < 1.29 is 9.72 Å². The zero-order valence-corrected chi connectivity index (χ0v) is 11.8. The molecule has 7 nitrogen and oxygen atoms in total. The molecule has 112 valence electrons. The number of nitrogens with one attached hydrogen (secondary N) is 1. The summed E-state index contributed by atoms with van der Waals surface area (Å²) < 4.78 is 0. The van der Waals surface area contributed by atoms with Gasteiger partial charge in [-0.2, -0.15) is 5.10 Å². The van der Waals surface area contributed by atoms with E-state index in [2.05, 4.69) is 10.5 Å². The van der Waals surface area contributed by atoms with Crippen molar-refractivity contribution >= 4 is 23.0 Å². The lowest BCUT2D eigenvalue weighted by atomic mass is 10.1. The lowest BCUT2D eigenvalue weighted by molar-refractivity contribution is -0.384. The van der Waals surface area contributed by atoms with E-state index in [9.17, 15) is 14.9 Å². The molecule has 0 unspecified atom stereocenters. The zero-order chi connectivity index (χ0) is 16.1. The average molecular weight is 298 g/mol. The summed E-state index contributed by atoms with van der Waals surface area (Å²) in [6, 6.07) is 12.5. The fourth-order valence-electron chi connectivity index (χ4n) is 1.79. The number of nitro benzene ring substituents is 1. The molecule has 0 radical (unpaired) electrons. The van der Waals surface area contributed by atoms with Crippen LogP contribution >= 0.6 is 0 Å². The van der Waals surface area contributed by atoms with Gasteiger partial charge in [0.25, 0.3) is 11.6 Å². The fourth-order valence-corrected chi connectivity index (χ4v) is 1.79. The third-order valence-electron chi connectivity index (χ3n) is 2.95. The Balaban J connectivity index is 2.13. The molecule has 0 aliphatic rings. The van der Waals surface area contributed by atoms with E-state index in [-0.39, 0.29) is 11.3 Å². The highest BCUT2D eigenvalue weighted by Crippen LogP contribution is 2.13. The fraction of sp³-hybridized carbons (Fsp3) is 0.0667. The molecule has 22 heavy (non-hydrogen) atoms. The van der Waals surface area contributed by atoms with Crippen molar-refractivity contribution in [3.05, 3.63) is 69.8 Å². The molecule has 0 bridgehead atoms. The average Bonchev–Trinajstić information content (AvgIpc) is 2.52. The van der Waals surface area contributed by atoms with Gasteiger partial charge in [-0.25, -0.2) is 5.43 Å². The molecule has 7 heteroatoms. The van der Waals surface area contributed by atoms with Crippen molar-refractivity contribution in [3.63, 3.8) is 0 Å². The van der Waals surface area contributed by atoms with E-state index in [0.717, 1.165) is 5.56 Å². The molecule has 0 fully saturated rings. The lowest BCUT2D eigenvalue weighted by Crippen LogP contribution is -2.19. The molecule has 0 aliphatic heterocycles. The van der Waals surface area contributed by atoms with Crippen LogP contribution in [0.4, 0.5) is 11.4 Å². The highest BCUT2D eigenvalue weighted by Gasteiger charge is 2.11. The Bertz CT molecular complexity index is 756. The van der Waals surface area contributed by atoms with Crippen molar-refractivity contribution in [1.29, 1.82) is 0 Å². The number of carbonyl (C=O) groups excluding carboxylic acids is 1. The maximum Gasteiger partial charge on any atom is 0.271 e. The molecule has 0 aromatic heterocycles. The van der Waals surface area contributed by atoms with Crippen LogP contribution in [0.1, 0.15) is 22.8 Å². The minimum atomic E-state index is -0.557. The van der Waals surface area contributed by atoms with Gasteiger partial charge in [0, 0.05) is 23.4 Å². The second-order valence-corrected chi connectivity index (χ2v) is 4.57. The van der Waals surface area contributed by atoms with Gasteiger partial charge >= 0.3 is 0 Å². The van der Waals surface area contributed by atoms with Crippen LogP contribution in [0.15, 0.2) is 53.6 Å². The molecule has 0 saturated carbocycles. The highest BCUT2D eigenvalue weighted by molar-refractivity contribution is 6.01. The topological polar surface area (TPSA) is 111 Å². The van der Waals surface area contributed by atoms with E-state index >= 15 is 0 Å². The van der Waals surface area contributed by atoms with Gasteiger partial charge in [0.1, 0.15) is 0 Å². The number of carbonyl (C=O) groups is 1. The Morgan fingerprint density at radius 1 is 1.18 bits per heavy atom. The number of anilines is 1. The van der Waals surface area contributed by atoms with E-state index in [1.54, 1.807) is 25.1 Å². The Hall–Kier alpha value is -3.22. The smallest absolute Gasteiger partial charge is 0.271 e. The Morgan fingerprint density at radius 3 is 2.55 bits per heavy atom. The van der Waals surface area contributed by atoms with E-state index in [0.29, 0.717) is 11.4 Å². The molecule has 0 saturated heterocycles. The van der Waals surface area contributed by atoms with Gasteiger partial charge < -0.3 is 5.73 Å². The second-order valence-electron chi connectivity index (χ2n) is 4.57. The Labute approximate surface area is 126 Å². The molecule has 0 spiro atoms. The van der Waals surface area contributed by atoms with Gasteiger partial charge in [0.2, 0.25) is 0 Å². The predicted molar refractivity (Wildman–Crippen MR) is 83.6 cm³/mol. The first kappa shape index (κ1) is 15.2. The first-order chi connectivity index (χ1) is 10.5. The number of rotatable bonds is 4. The molecular formula is C15H14N4O3. The number of amides is 1. The quantitative estimate of drug-likeness (QED) is 0.390.